The van der Waals surface area contributed by atoms with Gasteiger partial charge in [0.1, 0.15) is 5.69 Å². The highest BCUT2D eigenvalue weighted by Gasteiger charge is 2.24. The molecule has 4 nitrogen and oxygen atoms in total. The molecule has 5 rings (SSSR count). The fourth-order valence-corrected chi connectivity index (χ4v) is 5.48. The first kappa shape index (κ1) is 21.8. The molecular weight excluding hydrogens is 426 g/mol. The molecule has 0 radical (unpaired) electrons. The molecule has 0 bridgehead atoms. The van der Waals surface area contributed by atoms with Gasteiger partial charge < -0.3 is 10.3 Å². The summed E-state index contributed by atoms with van der Waals surface area (Å²) in [6.45, 7) is 5.06. The lowest BCUT2D eigenvalue weighted by Gasteiger charge is -2.32. The normalized spacial score (nSPS) is 15.1. The largest absolute Gasteiger partial charge is 0.350 e. The number of nitrogens with one attached hydrogen (secondary N) is 2. The van der Waals surface area contributed by atoms with Crippen LogP contribution in [0.1, 0.15) is 34.5 Å². The molecule has 1 aliphatic rings. The highest BCUT2D eigenvalue weighted by atomic mass is 32.2. The van der Waals surface area contributed by atoms with Crippen molar-refractivity contribution in [2.75, 3.05) is 13.1 Å². The summed E-state index contributed by atoms with van der Waals surface area (Å²) in [7, 11) is 0. The summed E-state index contributed by atoms with van der Waals surface area (Å²) in [5.41, 5.74) is 4.23. The van der Waals surface area contributed by atoms with E-state index in [9.17, 15) is 4.79 Å². The molecule has 0 spiro atoms. The lowest BCUT2D eigenvalue weighted by Crippen LogP contribution is -2.44. The van der Waals surface area contributed by atoms with Crippen molar-refractivity contribution in [2.24, 2.45) is 0 Å². The van der Waals surface area contributed by atoms with Crippen LogP contribution in [0.2, 0.25) is 0 Å². The third-order valence-corrected chi connectivity index (χ3v) is 7.43. The number of fused-ring (bicyclic) bond motifs is 1. The Bertz CT molecular complexity index is 1230. The Morgan fingerprint density at radius 2 is 1.67 bits per heavy atom. The number of carbonyl (C=O) groups excluding carboxylic acids is 1. The van der Waals surface area contributed by atoms with Crippen molar-refractivity contribution in [1.29, 1.82) is 0 Å². The van der Waals surface area contributed by atoms with Crippen molar-refractivity contribution < 1.29 is 4.79 Å². The Morgan fingerprint density at radius 3 is 2.42 bits per heavy atom. The van der Waals surface area contributed by atoms with Crippen LogP contribution in [-0.2, 0) is 6.54 Å². The number of aromatic nitrogens is 1. The maximum Gasteiger partial charge on any atom is 0.269 e. The maximum absolute atomic E-state index is 13.4. The predicted octanol–water partition coefficient (Wildman–Crippen LogP) is 6.02. The number of amides is 1. The third kappa shape index (κ3) is 5.15. The molecule has 3 aromatic carbocycles. The number of likely N-dealkylation sites (tertiary alicyclic amines) is 1. The van der Waals surface area contributed by atoms with Gasteiger partial charge in [0.2, 0.25) is 0 Å². The van der Waals surface area contributed by atoms with Gasteiger partial charge in [0.25, 0.3) is 5.91 Å². The zero-order valence-electron chi connectivity index (χ0n) is 18.9. The Labute approximate surface area is 199 Å². The van der Waals surface area contributed by atoms with Crippen LogP contribution in [0.5, 0.6) is 0 Å². The van der Waals surface area contributed by atoms with Gasteiger partial charge in [-0.05, 0) is 43.5 Å². The lowest BCUT2D eigenvalue weighted by molar-refractivity contribution is 0.0902. The van der Waals surface area contributed by atoms with E-state index in [1.165, 1.54) is 11.1 Å². The molecule has 168 valence electrons. The Balaban J connectivity index is 1.28. The quantitative estimate of drug-likeness (QED) is 0.374. The fraction of sp³-hybridized carbons (Fsp3) is 0.250. The van der Waals surface area contributed by atoms with Crippen molar-refractivity contribution >= 4 is 28.6 Å². The summed E-state index contributed by atoms with van der Waals surface area (Å²) in [4.78, 5) is 21.3. The molecule has 1 amide bonds. The van der Waals surface area contributed by atoms with Crippen LogP contribution in [0.4, 0.5) is 0 Å². The van der Waals surface area contributed by atoms with Crippen molar-refractivity contribution in [2.45, 2.75) is 42.1 Å². The van der Waals surface area contributed by atoms with E-state index in [-0.39, 0.29) is 11.9 Å². The van der Waals surface area contributed by atoms with Crippen molar-refractivity contribution in [1.82, 2.24) is 15.2 Å². The molecule has 0 atom stereocenters. The van der Waals surface area contributed by atoms with Gasteiger partial charge in [-0.25, -0.2) is 0 Å². The number of aromatic amines is 1. The summed E-state index contributed by atoms with van der Waals surface area (Å²) in [6.07, 6.45) is 1.94. The average Bonchev–Trinajstić information content (AvgIpc) is 3.21. The number of aryl methyl sites for hydroxylation is 1. The second-order valence-electron chi connectivity index (χ2n) is 8.80. The summed E-state index contributed by atoms with van der Waals surface area (Å²) in [6, 6.07) is 27.4. The molecule has 2 heterocycles. The number of carbonyl (C=O) groups is 1. The van der Waals surface area contributed by atoms with E-state index in [0.717, 1.165) is 53.2 Å². The van der Waals surface area contributed by atoms with Crippen molar-refractivity contribution in [3.8, 4) is 0 Å². The molecular formula is C28H29N3OS. The Kier molecular flexibility index (Phi) is 6.51. The lowest BCUT2D eigenvalue weighted by atomic mass is 10.0. The first-order valence-corrected chi connectivity index (χ1v) is 12.4. The van der Waals surface area contributed by atoms with E-state index in [4.69, 9.17) is 0 Å². The van der Waals surface area contributed by atoms with Gasteiger partial charge in [0, 0.05) is 41.5 Å². The maximum atomic E-state index is 13.4. The number of hydrogen-bond acceptors (Lipinski definition) is 3. The number of piperidine rings is 1. The van der Waals surface area contributed by atoms with E-state index in [1.807, 2.05) is 18.2 Å². The number of hydrogen-bond donors (Lipinski definition) is 2. The molecule has 0 saturated carbocycles. The minimum absolute atomic E-state index is 0.0117. The highest BCUT2D eigenvalue weighted by molar-refractivity contribution is 7.99. The average molecular weight is 456 g/mol. The second-order valence-corrected chi connectivity index (χ2v) is 9.88. The number of para-hydroxylation sites is 1. The number of nitrogens with zero attached hydrogens (tertiary/aromatic N) is 1. The molecule has 1 saturated heterocycles. The van der Waals surface area contributed by atoms with Crippen LogP contribution in [-0.4, -0.2) is 34.9 Å². The van der Waals surface area contributed by atoms with Crippen LogP contribution in [0.15, 0.2) is 88.7 Å². The first-order valence-electron chi connectivity index (χ1n) is 11.6. The molecule has 0 unspecified atom stereocenters. The molecule has 5 heteroatoms. The van der Waals surface area contributed by atoms with Gasteiger partial charge in [-0.2, -0.15) is 0 Å². The summed E-state index contributed by atoms with van der Waals surface area (Å²) < 4.78 is 0. The highest BCUT2D eigenvalue weighted by Crippen LogP contribution is 2.37. The topological polar surface area (TPSA) is 48.1 Å². The molecule has 1 fully saturated rings. The van der Waals surface area contributed by atoms with Gasteiger partial charge in [0.15, 0.2) is 0 Å². The summed E-state index contributed by atoms with van der Waals surface area (Å²) in [5, 5.41) is 4.39. The smallest absolute Gasteiger partial charge is 0.269 e. The number of rotatable bonds is 6. The van der Waals surface area contributed by atoms with Crippen molar-refractivity contribution in [3.63, 3.8) is 0 Å². The molecule has 4 aromatic rings. The summed E-state index contributed by atoms with van der Waals surface area (Å²) >= 11 is 1.65. The van der Waals surface area contributed by atoms with Crippen LogP contribution in [0.25, 0.3) is 10.9 Å². The molecule has 2 N–H and O–H groups in total. The zero-order chi connectivity index (χ0) is 22.6. The van der Waals surface area contributed by atoms with Gasteiger partial charge in [-0.15, -0.1) is 0 Å². The predicted molar refractivity (Wildman–Crippen MR) is 136 cm³/mol. The van der Waals surface area contributed by atoms with Gasteiger partial charge in [-0.3, -0.25) is 9.69 Å². The number of H-pyrrole nitrogens is 1. The monoisotopic (exact) mass is 455 g/mol. The minimum atomic E-state index is -0.0117. The molecule has 0 aliphatic carbocycles. The SMILES string of the molecule is Cc1ccc(Sc2c(C(=O)NC3CCN(Cc4ccccc4)CC3)[nH]c3ccccc23)cc1. The van der Waals surface area contributed by atoms with Crippen LogP contribution < -0.4 is 5.32 Å². The van der Waals surface area contributed by atoms with Gasteiger partial charge >= 0.3 is 0 Å². The minimum Gasteiger partial charge on any atom is -0.350 e. The van der Waals surface area contributed by atoms with Crippen molar-refractivity contribution in [3.05, 3.63) is 95.7 Å². The zero-order valence-corrected chi connectivity index (χ0v) is 19.7. The van der Waals surface area contributed by atoms with Gasteiger partial charge in [0.05, 0.1) is 4.90 Å². The van der Waals surface area contributed by atoms with E-state index in [2.05, 4.69) is 82.8 Å². The standard InChI is InChI=1S/C28H29N3OS/c1-20-11-13-23(14-12-20)33-27-24-9-5-6-10-25(24)30-26(27)28(32)29-22-15-17-31(18-16-22)19-21-7-3-2-4-8-21/h2-14,22,30H,15-19H2,1H3,(H,29,32). The second kappa shape index (κ2) is 9.86. The summed E-state index contributed by atoms with van der Waals surface area (Å²) in [5.74, 6) is -0.0117. The molecule has 1 aromatic heterocycles. The third-order valence-electron chi connectivity index (χ3n) is 6.30. The van der Waals surface area contributed by atoms with E-state index < -0.39 is 0 Å². The van der Waals surface area contributed by atoms with E-state index >= 15 is 0 Å². The first-order chi connectivity index (χ1) is 16.2. The Morgan fingerprint density at radius 1 is 0.970 bits per heavy atom. The molecule has 1 aliphatic heterocycles. The van der Waals surface area contributed by atoms with Crippen LogP contribution in [0, 0.1) is 6.92 Å². The molecule has 33 heavy (non-hydrogen) atoms. The number of benzene rings is 3. The van der Waals surface area contributed by atoms with E-state index in [0.29, 0.717) is 5.69 Å². The van der Waals surface area contributed by atoms with Crippen LogP contribution in [0.3, 0.4) is 0 Å². The Hall–Kier alpha value is -3.02. The van der Waals surface area contributed by atoms with E-state index in [1.54, 1.807) is 11.8 Å². The van der Waals surface area contributed by atoms with Gasteiger partial charge in [-0.1, -0.05) is 78.0 Å². The fourth-order valence-electron chi connectivity index (χ4n) is 4.44. The van der Waals surface area contributed by atoms with Crippen LogP contribution >= 0.6 is 11.8 Å².